The smallest absolute Gasteiger partial charge is 0.257 e. The molecule has 0 atom stereocenters. The van der Waals surface area contributed by atoms with Crippen molar-refractivity contribution in [3.05, 3.63) is 59.2 Å². The summed E-state index contributed by atoms with van der Waals surface area (Å²) < 4.78 is 5.45. The summed E-state index contributed by atoms with van der Waals surface area (Å²) in [4.78, 5) is 37.6. The fourth-order valence-electron chi connectivity index (χ4n) is 3.12. The van der Waals surface area contributed by atoms with E-state index < -0.39 is 0 Å². The van der Waals surface area contributed by atoms with Crippen LogP contribution in [0.2, 0.25) is 0 Å². The van der Waals surface area contributed by atoms with Crippen LogP contribution in [0.3, 0.4) is 0 Å². The number of carbonyl (C=O) groups excluding carboxylic acids is 3. The van der Waals surface area contributed by atoms with E-state index in [2.05, 4.69) is 12.2 Å². The predicted molar refractivity (Wildman–Crippen MR) is 107 cm³/mol. The van der Waals surface area contributed by atoms with Crippen LogP contribution >= 0.6 is 0 Å². The van der Waals surface area contributed by atoms with Gasteiger partial charge in [0.25, 0.3) is 5.91 Å². The van der Waals surface area contributed by atoms with Crippen molar-refractivity contribution in [1.29, 1.82) is 0 Å². The summed E-state index contributed by atoms with van der Waals surface area (Å²) >= 11 is 0. The van der Waals surface area contributed by atoms with Crippen molar-refractivity contribution < 1.29 is 19.1 Å². The van der Waals surface area contributed by atoms with Crippen LogP contribution < -0.4 is 15.0 Å². The SMILES string of the molecule is CCc1ccc(OCC(=O)NCCC(=O)c2ccc3c(c2)CC(=O)N3C)cc1. The van der Waals surface area contributed by atoms with Crippen LogP contribution in [-0.2, 0) is 22.4 Å². The maximum absolute atomic E-state index is 12.3. The highest BCUT2D eigenvalue weighted by Gasteiger charge is 2.24. The van der Waals surface area contributed by atoms with Gasteiger partial charge >= 0.3 is 0 Å². The highest BCUT2D eigenvalue weighted by Crippen LogP contribution is 2.28. The summed E-state index contributed by atoms with van der Waals surface area (Å²) in [6.45, 7) is 2.23. The lowest BCUT2D eigenvalue weighted by molar-refractivity contribution is -0.123. The average molecular weight is 380 g/mol. The second-order valence-corrected chi connectivity index (χ2v) is 6.78. The van der Waals surface area contributed by atoms with E-state index in [1.165, 1.54) is 5.56 Å². The Kier molecular flexibility index (Phi) is 6.09. The second kappa shape index (κ2) is 8.69. The number of anilines is 1. The lowest BCUT2D eigenvalue weighted by Gasteiger charge is -2.10. The Morgan fingerprint density at radius 2 is 1.89 bits per heavy atom. The molecule has 1 N–H and O–H groups in total. The van der Waals surface area contributed by atoms with Gasteiger partial charge in [-0.05, 0) is 47.9 Å². The quantitative estimate of drug-likeness (QED) is 0.714. The van der Waals surface area contributed by atoms with Crippen molar-refractivity contribution in [2.75, 3.05) is 25.1 Å². The van der Waals surface area contributed by atoms with Gasteiger partial charge < -0.3 is 15.0 Å². The monoisotopic (exact) mass is 380 g/mol. The van der Waals surface area contributed by atoms with E-state index in [0.29, 0.717) is 17.7 Å². The summed E-state index contributed by atoms with van der Waals surface area (Å²) in [5.41, 5.74) is 3.48. The Labute approximate surface area is 164 Å². The molecule has 6 nitrogen and oxygen atoms in total. The zero-order chi connectivity index (χ0) is 20.1. The Bertz CT molecular complexity index is 890. The van der Waals surface area contributed by atoms with Crippen LogP contribution in [0.25, 0.3) is 0 Å². The number of ether oxygens (including phenoxy) is 1. The van der Waals surface area contributed by atoms with Gasteiger partial charge in [-0.25, -0.2) is 0 Å². The molecule has 0 radical (unpaired) electrons. The molecule has 0 aromatic heterocycles. The van der Waals surface area contributed by atoms with Crippen molar-refractivity contribution >= 4 is 23.3 Å². The topological polar surface area (TPSA) is 75.7 Å². The Morgan fingerprint density at radius 3 is 2.61 bits per heavy atom. The third-order valence-electron chi connectivity index (χ3n) is 4.85. The Balaban J connectivity index is 1.43. The molecule has 1 aliphatic heterocycles. The van der Waals surface area contributed by atoms with E-state index in [-0.39, 0.29) is 37.2 Å². The van der Waals surface area contributed by atoms with Crippen LogP contribution in [0.1, 0.15) is 34.8 Å². The highest BCUT2D eigenvalue weighted by atomic mass is 16.5. The maximum atomic E-state index is 12.3. The molecule has 2 amide bonds. The summed E-state index contributed by atoms with van der Waals surface area (Å²) in [6, 6.07) is 12.9. The number of aryl methyl sites for hydroxylation is 1. The molecule has 0 unspecified atom stereocenters. The van der Waals surface area contributed by atoms with E-state index in [0.717, 1.165) is 17.7 Å². The van der Waals surface area contributed by atoms with Gasteiger partial charge in [0.15, 0.2) is 12.4 Å². The molecule has 0 saturated carbocycles. The average Bonchev–Trinajstić information content (AvgIpc) is 3.00. The molecule has 28 heavy (non-hydrogen) atoms. The number of fused-ring (bicyclic) bond motifs is 1. The molecule has 0 bridgehead atoms. The first kappa shape index (κ1) is 19.6. The molecular weight excluding hydrogens is 356 g/mol. The third-order valence-corrected chi connectivity index (χ3v) is 4.85. The summed E-state index contributed by atoms with van der Waals surface area (Å²) in [5.74, 6) is 0.326. The first-order chi connectivity index (χ1) is 13.5. The van der Waals surface area contributed by atoms with E-state index in [4.69, 9.17) is 4.74 Å². The maximum Gasteiger partial charge on any atom is 0.257 e. The fraction of sp³-hybridized carbons (Fsp3) is 0.318. The number of nitrogens with zero attached hydrogens (tertiary/aromatic N) is 1. The van der Waals surface area contributed by atoms with E-state index in [1.54, 1.807) is 30.1 Å². The number of rotatable bonds is 8. The van der Waals surface area contributed by atoms with Gasteiger partial charge in [-0.3, -0.25) is 14.4 Å². The molecule has 0 saturated heterocycles. The summed E-state index contributed by atoms with van der Waals surface area (Å²) in [6.07, 6.45) is 1.46. The number of hydrogen-bond donors (Lipinski definition) is 1. The minimum atomic E-state index is -0.270. The van der Waals surface area contributed by atoms with E-state index in [9.17, 15) is 14.4 Å². The van der Waals surface area contributed by atoms with Crippen molar-refractivity contribution in [2.45, 2.75) is 26.2 Å². The van der Waals surface area contributed by atoms with Crippen molar-refractivity contribution in [2.24, 2.45) is 0 Å². The third kappa shape index (κ3) is 4.57. The Morgan fingerprint density at radius 1 is 1.14 bits per heavy atom. The van der Waals surface area contributed by atoms with Crippen LogP contribution in [0, 0.1) is 0 Å². The number of ketones is 1. The van der Waals surface area contributed by atoms with Gasteiger partial charge in [0.1, 0.15) is 5.75 Å². The number of likely N-dealkylation sites (N-methyl/N-ethyl adjacent to an activating group) is 1. The summed E-state index contributed by atoms with van der Waals surface area (Å²) in [5, 5.41) is 2.70. The molecule has 2 aromatic rings. The normalized spacial score (nSPS) is 12.6. The lowest BCUT2D eigenvalue weighted by atomic mass is 10.0. The minimum Gasteiger partial charge on any atom is -0.484 e. The number of amides is 2. The molecule has 0 fully saturated rings. The molecule has 1 aliphatic rings. The predicted octanol–water partition coefficient (Wildman–Crippen LogP) is 2.54. The van der Waals surface area contributed by atoms with Gasteiger partial charge in [-0.15, -0.1) is 0 Å². The van der Waals surface area contributed by atoms with Crippen LogP contribution in [0.5, 0.6) is 5.75 Å². The Hall–Kier alpha value is -3.15. The first-order valence-electron chi connectivity index (χ1n) is 9.39. The van der Waals surface area contributed by atoms with Crippen molar-refractivity contribution in [3.8, 4) is 5.75 Å². The van der Waals surface area contributed by atoms with Crippen LogP contribution in [0.15, 0.2) is 42.5 Å². The zero-order valence-electron chi connectivity index (χ0n) is 16.2. The van der Waals surface area contributed by atoms with Gasteiger partial charge in [0.2, 0.25) is 5.91 Å². The number of Topliss-reactive ketones (excluding diaryl/α,β-unsaturated/α-hetero) is 1. The number of carbonyl (C=O) groups is 3. The van der Waals surface area contributed by atoms with Crippen LogP contribution in [-0.4, -0.2) is 37.8 Å². The molecule has 0 spiro atoms. The molecule has 1 heterocycles. The molecule has 146 valence electrons. The number of hydrogen-bond acceptors (Lipinski definition) is 4. The van der Waals surface area contributed by atoms with Gasteiger partial charge in [-0.2, -0.15) is 0 Å². The number of nitrogens with one attached hydrogen (secondary N) is 1. The van der Waals surface area contributed by atoms with Crippen LogP contribution in [0.4, 0.5) is 5.69 Å². The zero-order valence-corrected chi connectivity index (χ0v) is 16.2. The van der Waals surface area contributed by atoms with Crippen molar-refractivity contribution in [1.82, 2.24) is 5.32 Å². The molecule has 3 rings (SSSR count). The molecular formula is C22H24N2O4. The first-order valence-corrected chi connectivity index (χ1v) is 9.39. The standard InChI is InChI=1S/C22H24N2O4/c1-3-15-4-7-18(8-5-15)28-14-21(26)23-11-10-20(25)16-6-9-19-17(12-16)13-22(27)24(19)2/h4-9,12H,3,10-11,13-14H2,1-2H3,(H,23,26). The fourth-order valence-corrected chi connectivity index (χ4v) is 3.12. The van der Waals surface area contributed by atoms with E-state index in [1.807, 2.05) is 24.3 Å². The van der Waals surface area contributed by atoms with E-state index >= 15 is 0 Å². The summed E-state index contributed by atoms with van der Waals surface area (Å²) in [7, 11) is 1.73. The number of benzene rings is 2. The van der Waals surface area contributed by atoms with Gasteiger partial charge in [0, 0.05) is 31.3 Å². The molecule has 2 aromatic carbocycles. The molecule has 6 heteroatoms. The minimum absolute atomic E-state index is 0.0243. The molecule has 0 aliphatic carbocycles. The largest absolute Gasteiger partial charge is 0.484 e. The second-order valence-electron chi connectivity index (χ2n) is 6.78. The van der Waals surface area contributed by atoms with Gasteiger partial charge in [0.05, 0.1) is 6.42 Å². The highest BCUT2D eigenvalue weighted by molar-refractivity contribution is 6.03. The van der Waals surface area contributed by atoms with Crippen molar-refractivity contribution in [3.63, 3.8) is 0 Å². The van der Waals surface area contributed by atoms with Gasteiger partial charge in [-0.1, -0.05) is 19.1 Å². The lowest BCUT2D eigenvalue weighted by Crippen LogP contribution is -2.30.